The number of nitrogens with one attached hydrogen (secondary N) is 1. The fourth-order valence-corrected chi connectivity index (χ4v) is 3.62. The average molecular weight is 366 g/mol. The fraction of sp³-hybridized carbons (Fsp3) is 0.381. The first-order valence-corrected chi connectivity index (χ1v) is 9.27. The van der Waals surface area contributed by atoms with Crippen LogP contribution in [0, 0.1) is 27.7 Å². The summed E-state index contributed by atoms with van der Waals surface area (Å²) in [5, 5.41) is 3.99. The predicted octanol–water partition coefficient (Wildman–Crippen LogP) is 2.78. The summed E-state index contributed by atoms with van der Waals surface area (Å²) in [7, 11) is 0. The van der Waals surface area contributed by atoms with Crippen LogP contribution in [-0.2, 0) is 9.59 Å². The molecule has 0 bridgehead atoms. The maximum absolute atomic E-state index is 12.0. The van der Waals surface area contributed by atoms with E-state index in [0.717, 1.165) is 35.5 Å². The Hall–Kier alpha value is -2.89. The lowest BCUT2D eigenvalue weighted by Crippen LogP contribution is -2.39. The van der Waals surface area contributed by atoms with Gasteiger partial charge in [-0.25, -0.2) is 5.43 Å². The van der Waals surface area contributed by atoms with Crippen LogP contribution in [-0.4, -0.2) is 40.6 Å². The molecule has 6 nitrogen and oxygen atoms in total. The second-order valence-electron chi connectivity index (χ2n) is 7.15. The van der Waals surface area contributed by atoms with E-state index in [1.807, 2.05) is 19.9 Å². The Labute approximate surface area is 159 Å². The highest BCUT2D eigenvalue weighted by Crippen LogP contribution is 2.23. The van der Waals surface area contributed by atoms with Crippen LogP contribution in [0.3, 0.4) is 0 Å². The van der Waals surface area contributed by atoms with Crippen molar-refractivity contribution in [2.24, 2.45) is 5.10 Å². The van der Waals surface area contributed by atoms with Gasteiger partial charge in [0.05, 0.1) is 6.21 Å². The van der Waals surface area contributed by atoms with Crippen LogP contribution >= 0.6 is 0 Å². The van der Waals surface area contributed by atoms with Crippen LogP contribution in [0.1, 0.15) is 40.9 Å². The molecule has 0 saturated carbocycles. The van der Waals surface area contributed by atoms with E-state index in [1.54, 1.807) is 11.1 Å². The van der Waals surface area contributed by atoms with Crippen LogP contribution in [0.5, 0.6) is 0 Å². The zero-order valence-electron chi connectivity index (χ0n) is 16.4. The number of hydrazone groups is 1. The largest absolute Gasteiger partial charge is 0.334 e. The Balaban J connectivity index is 1.75. The molecule has 6 heteroatoms. The van der Waals surface area contributed by atoms with E-state index in [9.17, 15) is 9.59 Å². The van der Waals surface area contributed by atoms with Crippen molar-refractivity contribution in [1.82, 2.24) is 14.9 Å². The van der Waals surface area contributed by atoms with Crippen molar-refractivity contribution < 1.29 is 9.59 Å². The Kier molecular flexibility index (Phi) is 5.44. The summed E-state index contributed by atoms with van der Waals surface area (Å²) in [6.07, 6.45) is 3.50. The minimum atomic E-state index is -0.684. The third-order valence-corrected chi connectivity index (χ3v) is 5.02. The lowest BCUT2D eigenvalue weighted by atomic mass is 10.1. The normalized spacial score (nSPS) is 14.1. The van der Waals surface area contributed by atoms with Crippen molar-refractivity contribution in [1.29, 1.82) is 0 Å². The molecule has 0 unspecified atom stereocenters. The average Bonchev–Trinajstić information content (AvgIpc) is 3.24. The predicted molar refractivity (Wildman–Crippen MR) is 106 cm³/mol. The highest BCUT2D eigenvalue weighted by atomic mass is 16.2. The Morgan fingerprint density at radius 3 is 2.44 bits per heavy atom. The van der Waals surface area contributed by atoms with E-state index in [-0.39, 0.29) is 0 Å². The number of hydrogen-bond donors (Lipinski definition) is 1. The molecule has 142 valence electrons. The molecule has 1 fully saturated rings. The summed E-state index contributed by atoms with van der Waals surface area (Å²) in [5.74, 6) is -1.19. The quantitative estimate of drug-likeness (QED) is 0.516. The highest BCUT2D eigenvalue weighted by Gasteiger charge is 2.24. The molecule has 0 atom stereocenters. The Bertz CT molecular complexity index is 905. The number of amides is 2. The second kappa shape index (κ2) is 7.78. The summed E-state index contributed by atoms with van der Waals surface area (Å²) in [4.78, 5) is 25.5. The van der Waals surface area contributed by atoms with E-state index in [4.69, 9.17) is 0 Å². The molecule has 0 aliphatic carbocycles. The van der Waals surface area contributed by atoms with Gasteiger partial charge in [0.2, 0.25) is 0 Å². The van der Waals surface area contributed by atoms with Gasteiger partial charge in [-0.1, -0.05) is 17.7 Å². The molecular weight excluding hydrogens is 340 g/mol. The first kappa shape index (κ1) is 18.9. The summed E-state index contributed by atoms with van der Waals surface area (Å²) >= 11 is 0. The zero-order chi connectivity index (χ0) is 19.6. The van der Waals surface area contributed by atoms with Crippen molar-refractivity contribution in [3.8, 4) is 5.69 Å². The van der Waals surface area contributed by atoms with Gasteiger partial charge < -0.3 is 9.47 Å². The molecule has 2 heterocycles. The molecule has 1 aliphatic rings. The molecule has 1 aromatic heterocycles. The van der Waals surface area contributed by atoms with E-state index < -0.39 is 11.8 Å². The molecule has 0 spiro atoms. The maximum Gasteiger partial charge on any atom is 0.329 e. The van der Waals surface area contributed by atoms with Gasteiger partial charge >= 0.3 is 11.8 Å². The van der Waals surface area contributed by atoms with Gasteiger partial charge in [0.1, 0.15) is 0 Å². The van der Waals surface area contributed by atoms with Gasteiger partial charge in [0.25, 0.3) is 0 Å². The van der Waals surface area contributed by atoms with Crippen LogP contribution in [0.15, 0.2) is 29.4 Å². The number of nitrogens with zero attached hydrogens (tertiary/aromatic N) is 3. The van der Waals surface area contributed by atoms with E-state index in [1.165, 1.54) is 11.1 Å². The lowest BCUT2D eigenvalue weighted by molar-refractivity contribution is -0.145. The zero-order valence-corrected chi connectivity index (χ0v) is 16.4. The number of carbonyl (C=O) groups is 2. The number of benzene rings is 1. The van der Waals surface area contributed by atoms with Crippen molar-refractivity contribution in [3.63, 3.8) is 0 Å². The molecule has 1 aromatic carbocycles. The molecule has 1 N–H and O–H groups in total. The molecule has 0 radical (unpaired) electrons. The summed E-state index contributed by atoms with van der Waals surface area (Å²) < 4.78 is 2.17. The SMILES string of the molecule is Cc1ccc(-n2c(C)cc(/C=N\NC(=O)C(=O)N3CCCC3)c2C)c(C)c1. The van der Waals surface area contributed by atoms with E-state index in [0.29, 0.717) is 13.1 Å². The van der Waals surface area contributed by atoms with Gasteiger partial charge in [-0.05, 0) is 58.2 Å². The smallest absolute Gasteiger partial charge is 0.329 e. The standard InChI is InChI=1S/C21H26N4O2/c1-14-7-8-19(15(2)11-14)25-16(3)12-18(17(25)4)13-22-23-20(26)21(27)24-9-5-6-10-24/h7-8,11-13H,5-6,9-10H2,1-4H3,(H,23,26)/b22-13-. The van der Waals surface area contributed by atoms with Gasteiger partial charge in [-0.3, -0.25) is 9.59 Å². The van der Waals surface area contributed by atoms with Crippen LogP contribution in [0.2, 0.25) is 0 Å². The number of hydrogen-bond acceptors (Lipinski definition) is 3. The molecule has 2 aromatic rings. The van der Waals surface area contributed by atoms with Crippen LogP contribution in [0.25, 0.3) is 5.69 Å². The summed E-state index contributed by atoms with van der Waals surface area (Å²) in [6, 6.07) is 8.39. The number of aryl methyl sites for hydroxylation is 3. The van der Waals surface area contributed by atoms with E-state index >= 15 is 0 Å². The minimum absolute atomic E-state index is 0.509. The monoisotopic (exact) mass is 366 g/mol. The third-order valence-electron chi connectivity index (χ3n) is 5.02. The molecule has 1 saturated heterocycles. The lowest BCUT2D eigenvalue weighted by Gasteiger charge is -2.13. The molecule has 27 heavy (non-hydrogen) atoms. The first-order valence-electron chi connectivity index (χ1n) is 9.27. The minimum Gasteiger partial charge on any atom is -0.334 e. The fourth-order valence-electron chi connectivity index (χ4n) is 3.62. The van der Waals surface area contributed by atoms with Crippen molar-refractivity contribution >= 4 is 18.0 Å². The van der Waals surface area contributed by atoms with E-state index in [2.05, 4.69) is 47.1 Å². The van der Waals surface area contributed by atoms with Gasteiger partial charge in [-0.2, -0.15) is 5.10 Å². The molecule has 2 amide bonds. The maximum atomic E-state index is 12.0. The molecule has 1 aliphatic heterocycles. The van der Waals surface area contributed by atoms with Crippen molar-refractivity contribution in [2.75, 3.05) is 13.1 Å². The summed E-state index contributed by atoms with van der Waals surface area (Å²) in [5.41, 5.74) is 8.93. The van der Waals surface area contributed by atoms with Gasteiger partial charge in [-0.15, -0.1) is 0 Å². The number of aromatic nitrogens is 1. The number of carbonyl (C=O) groups excluding carboxylic acids is 2. The Morgan fingerprint density at radius 1 is 1.07 bits per heavy atom. The van der Waals surface area contributed by atoms with Gasteiger partial charge in [0, 0.05) is 35.7 Å². The number of rotatable bonds is 3. The number of likely N-dealkylation sites (tertiary alicyclic amines) is 1. The van der Waals surface area contributed by atoms with Gasteiger partial charge in [0.15, 0.2) is 0 Å². The topological polar surface area (TPSA) is 66.7 Å². The summed E-state index contributed by atoms with van der Waals surface area (Å²) in [6.45, 7) is 9.53. The Morgan fingerprint density at radius 2 is 1.78 bits per heavy atom. The first-order chi connectivity index (χ1) is 12.9. The van der Waals surface area contributed by atoms with Crippen molar-refractivity contribution in [3.05, 3.63) is 52.3 Å². The highest BCUT2D eigenvalue weighted by molar-refractivity contribution is 6.35. The molecular formula is C21H26N4O2. The third kappa shape index (κ3) is 3.94. The van der Waals surface area contributed by atoms with Crippen LogP contribution < -0.4 is 5.43 Å². The molecule has 3 rings (SSSR count). The second-order valence-corrected chi connectivity index (χ2v) is 7.15. The van der Waals surface area contributed by atoms with Crippen molar-refractivity contribution in [2.45, 2.75) is 40.5 Å². The van der Waals surface area contributed by atoms with Crippen LogP contribution in [0.4, 0.5) is 0 Å².